The third-order valence-electron chi connectivity index (χ3n) is 3.23. The summed E-state index contributed by atoms with van der Waals surface area (Å²) >= 11 is 0. The lowest BCUT2D eigenvalue weighted by Gasteiger charge is -2.22. The van der Waals surface area contributed by atoms with Gasteiger partial charge in [0.25, 0.3) is 0 Å². The van der Waals surface area contributed by atoms with Gasteiger partial charge in [0.1, 0.15) is 0 Å². The van der Waals surface area contributed by atoms with Gasteiger partial charge in [-0.2, -0.15) is 0 Å². The van der Waals surface area contributed by atoms with Crippen molar-refractivity contribution in [2.75, 3.05) is 11.9 Å². The zero-order valence-electron chi connectivity index (χ0n) is 12.7. The second-order valence-corrected chi connectivity index (χ2v) is 6.92. The largest absolute Gasteiger partial charge is 0.330 e. The summed E-state index contributed by atoms with van der Waals surface area (Å²) in [5, 5.41) is 2.92. The highest BCUT2D eigenvalue weighted by atomic mass is 16.1. The number of nitrogens with two attached hydrogens (primary N) is 1. The second kappa shape index (κ2) is 5.74. The molecule has 0 saturated heterocycles. The molecule has 3 N–H and O–H groups in total. The highest BCUT2D eigenvalue weighted by Crippen LogP contribution is 2.24. The van der Waals surface area contributed by atoms with E-state index in [2.05, 4.69) is 38.2 Å². The third kappa shape index (κ3) is 5.03. The SMILES string of the molecule is CC(C)(CN)CC(=O)Nc1ccc(C(C)(C)C)cc1. The van der Waals surface area contributed by atoms with Crippen molar-refractivity contribution in [2.24, 2.45) is 11.1 Å². The number of hydrogen-bond acceptors (Lipinski definition) is 2. The number of amides is 1. The van der Waals surface area contributed by atoms with Crippen LogP contribution in [0.4, 0.5) is 5.69 Å². The minimum absolute atomic E-state index is 0.0129. The van der Waals surface area contributed by atoms with Gasteiger partial charge in [-0.05, 0) is 35.1 Å². The molecule has 0 aliphatic rings. The molecule has 1 rings (SSSR count). The Hall–Kier alpha value is -1.35. The summed E-state index contributed by atoms with van der Waals surface area (Å²) in [5.74, 6) is 0.0129. The van der Waals surface area contributed by atoms with Crippen molar-refractivity contribution in [3.63, 3.8) is 0 Å². The molecule has 0 aromatic heterocycles. The molecular formula is C16H26N2O. The number of anilines is 1. The number of nitrogens with one attached hydrogen (secondary N) is 1. The van der Waals surface area contributed by atoms with E-state index in [4.69, 9.17) is 5.73 Å². The van der Waals surface area contributed by atoms with Crippen LogP contribution in [0.15, 0.2) is 24.3 Å². The lowest BCUT2D eigenvalue weighted by molar-refractivity contribution is -0.117. The highest BCUT2D eigenvalue weighted by Gasteiger charge is 2.20. The molecule has 0 heterocycles. The average molecular weight is 262 g/mol. The van der Waals surface area contributed by atoms with Gasteiger partial charge in [0, 0.05) is 12.1 Å². The summed E-state index contributed by atoms with van der Waals surface area (Å²) in [7, 11) is 0. The summed E-state index contributed by atoms with van der Waals surface area (Å²) < 4.78 is 0. The summed E-state index contributed by atoms with van der Waals surface area (Å²) in [6, 6.07) is 8.02. The quantitative estimate of drug-likeness (QED) is 0.874. The van der Waals surface area contributed by atoms with Crippen LogP contribution in [0.1, 0.15) is 46.6 Å². The number of benzene rings is 1. The molecule has 19 heavy (non-hydrogen) atoms. The molecule has 0 aliphatic heterocycles. The summed E-state index contributed by atoms with van der Waals surface area (Å²) in [6.45, 7) is 11.0. The zero-order valence-corrected chi connectivity index (χ0v) is 12.7. The van der Waals surface area contributed by atoms with Gasteiger partial charge in [-0.1, -0.05) is 46.8 Å². The van der Waals surface area contributed by atoms with Gasteiger partial charge < -0.3 is 11.1 Å². The molecule has 0 bridgehead atoms. The van der Waals surface area contributed by atoms with Crippen molar-refractivity contribution >= 4 is 11.6 Å². The number of carbonyl (C=O) groups excluding carboxylic acids is 1. The molecule has 0 fully saturated rings. The van der Waals surface area contributed by atoms with Crippen LogP contribution in [-0.4, -0.2) is 12.5 Å². The molecule has 1 amide bonds. The van der Waals surface area contributed by atoms with Gasteiger partial charge in [0.2, 0.25) is 5.91 Å². The van der Waals surface area contributed by atoms with E-state index in [0.717, 1.165) is 5.69 Å². The van der Waals surface area contributed by atoms with Crippen LogP contribution in [0.2, 0.25) is 0 Å². The van der Waals surface area contributed by atoms with E-state index in [0.29, 0.717) is 13.0 Å². The van der Waals surface area contributed by atoms with E-state index in [9.17, 15) is 4.79 Å². The first-order chi connectivity index (χ1) is 8.64. The van der Waals surface area contributed by atoms with Gasteiger partial charge in [-0.3, -0.25) is 4.79 Å². The summed E-state index contributed by atoms with van der Waals surface area (Å²) in [5.41, 5.74) is 7.70. The van der Waals surface area contributed by atoms with E-state index in [1.54, 1.807) is 0 Å². The Kier molecular flexibility index (Phi) is 4.75. The standard InChI is InChI=1S/C16H26N2O/c1-15(2,3)12-6-8-13(9-7-12)18-14(19)10-16(4,5)11-17/h6-9H,10-11,17H2,1-5H3,(H,18,19). The van der Waals surface area contributed by atoms with Gasteiger partial charge in [-0.15, -0.1) is 0 Å². The molecular weight excluding hydrogens is 236 g/mol. The molecule has 3 nitrogen and oxygen atoms in total. The minimum Gasteiger partial charge on any atom is -0.330 e. The second-order valence-electron chi connectivity index (χ2n) is 6.92. The van der Waals surface area contributed by atoms with Crippen LogP contribution in [0.25, 0.3) is 0 Å². The van der Waals surface area contributed by atoms with Crippen molar-refractivity contribution in [2.45, 2.75) is 46.5 Å². The Morgan fingerprint density at radius 3 is 2.05 bits per heavy atom. The van der Waals surface area contributed by atoms with Crippen LogP contribution < -0.4 is 11.1 Å². The molecule has 0 radical (unpaired) electrons. The van der Waals surface area contributed by atoms with Crippen LogP contribution >= 0.6 is 0 Å². The Morgan fingerprint density at radius 2 is 1.63 bits per heavy atom. The monoisotopic (exact) mass is 262 g/mol. The maximum absolute atomic E-state index is 11.9. The minimum atomic E-state index is -0.157. The van der Waals surface area contributed by atoms with Crippen LogP contribution in [0.3, 0.4) is 0 Å². The summed E-state index contributed by atoms with van der Waals surface area (Å²) in [6.07, 6.45) is 0.435. The molecule has 106 valence electrons. The first-order valence-corrected chi connectivity index (χ1v) is 6.74. The number of carbonyl (C=O) groups is 1. The van der Waals surface area contributed by atoms with Crippen molar-refractivity contribution < 1.29 is 4.79 Å². The predicted molar refractivity (Wildman–Crippen MR) is 81.2 cm³/mol. The van der Waals surface area contributed by atoms with E-state index in [1.165, 1.54) is 5.56 Å². The smallest absolute Gasteiger partial charge is 0.224 e. The average Bonchev–Trinajstić information content (AvgIpc) is 2.27. The molecule has 3 heteroatoms. The fourth-order valence-corrected chi connectivity index (χ4v) is 1.77. The predicted octanol–water partition coefficient (Wildman–Crippen LogP) is 3.30. The van der Waals surface area contributed by atoms with Crippen molar-refractivity contribution in [1.82, 2.24) is 0 Å². The highest BCUT2D eigenvalue weighted by molar-refractivity contribution is 5.91. The normalized spacial score (nSPS) is 12.3. The van der Waals surface area contributed by atoms with E-state index < -0.39 is 0 Å². The molecule has 0 unspecified atom stereocenters. The van der Waals surface area contributed by atoms with Gasteiger partial charge >= 0.3 is 0 Å². The first-order valence-electron chi connectivity index (χ1n) is 6.74. The third-order valence-corrected chi connectivity index (χ3v) is 3.23. The molecule has 0 saturated carbocycles. The topological polar surface area (TPSA) is 55.1 Å². The lowest BCUT2D eigenvalue weighted by Crippen LogP contribution is -2.29. The Morgan fingerprint density at radius 1 is 1.11 bits per heavy atom. The van der Waals surface area contributed by atoms with Crippen LogP contribution in [0, 0.1) is 5.41 Å². The van der Waals surface area contributed by atoms with E-state index >= 15 is 0 Å². The maximum atomic E-state index is 11.9. The maximum Gasteiger partial charge on any atom is 0.224 e. The molecule has 1 aromatic rings. The van der Waals surface area contributed by atoms with E-state index in [-0.39, 0.29) is 16.7 Å². The fraction of sp³-hybridized carbons (Fsp3) is 0.562. The first kappa shape index (κ1) is 15.7. The Bertz CT molecular complexity index is 427. The molecule has 1 aromatic carbocycles. The van der Waals surface area contributed by atoms with Gasteiger partial charge in [0.15, 0.2) is 0 Å². The molecule has 0 aliphatic carbocycles. The van der Waals surface area contributed by atoms with Crippen molar-refractivity contribution in [1.29, 1.82) is 0 Å². The van der Waals surface area contributed by atoms with Gasteiger partial charge in [0.05, 0.1) is 0 Å². The summed E-state index contributed by atoms with van der Waals surface area (Å²) in [4.78, 5) is 11.9. The van der Waals surface area contributed by atoms with Crippen molar-refractivity contribution in [3.05, 3.63) is 29.8 Å². The number of rotatable bonds is 4. The van der Waals surface area contributed by atoms with Crippen LogP contribution in [0.5, 0.6) is 0 Å². The van der Waals surface area contributed by atoms with Crippen LogP contribution in [-0.2, 0) is 10.2 Å². The Balaban J connectivity index is 2.66. The number of hydrogen-bond donors (Lipinski definition) is 2. The zero-order chi connectivity index (χ0) is 14.7. The van der Waals surface area contributed by atoms with Crippen molar-refractivity contribution in [3.8, 4) is 0 Å². The van der Waals surface area contributed by atoms with Gasteiger partial charge in [-0.25, -0.2) is 0 Å². The molecule has 0 atom stereocenters. The Labute approximate surface area is 116 Å². The molecule has 0 spiro atoms. The van der Waals surface area contributed by atoms with E-state index in [1.807, 2.05) is 26.0 Å². The lowest BCUT2D eigenvalue weighted by atomic mass is 9.87. The fourth-order valence-electron chi connectivity index (χ4n) is 1.77.